The predicted molar refractivity (Wildman–Crippen MR) is 123 cm³/mol. The van der Waals surface area contributed by atoms with Gasteiger partial charge in [0, 0.05) is 23.2 Å². The van der Waals surface area contributed by atoms with Crippen LogP contribution in [-0.4, -0.2) is 17.1 Å². The number of nitrogens with one attached hydrogen (secondary N) is 1. The summed E-state index contributed by atoms with van der Waals surface area (Å²) >= 11 is 6.02. The first-order valence-corrected chi connectivity index (χ1v) is 11.1. The molecule has 3 aromatic rings. The van der Waals surface area contributed by atoms with Crippen molar-refractivity contribution >= 4 is 29.3 Å². The number of anilines is 2. The van der Waals surface area contributed by atoms with Gasteiger partial charge in [0.1, 0.15) is 6.10 Å². The highest BCUT2D eigenvalue weighted by molar-refractivity contribution is 6.30. The molecular weight excluding hydrogens is 412 g/mol. The fourth-order valence-corrected chi connectivity index (χ4v) is 4.54. The normalized spacial score (nSPS) is 19.6. The van der Waals surface area contributed by atoms with Crippen molar-refractivity contribution in [3.05, 3.63) is 65.3 Å². The third-order valence-electron chi connectivity index (χ3n) is 6.04. The molecule has 4 rings (SSSR count). The Morgan fingerprint density at radius 2 is 1.90 bits per heavy atom. The number of hydrogen-bond acceptors (Lipinski definition) is 5. The summed E-state index contributed by atoms with van der Waals surface area (Å²) in [7, 11) is 0. The van der Waals surface area contributed by atoms with Gasteiger partial charge in [-0.05, 0) is 68.2 Å². The summed E-state index contributed by atoms with van der Waals surface area (Å²) < 4.78 is 11.2. The number of ether oxygens (including phenoxy) is 1. The lowest BCUT2D eigenvalue weighted by Gasteiger charge is -2.32. The highest BCUT2D eigenvalue weighted by atomic mass is 35.5. The smallest absolute Gasteiger partial charge is 0.302 e. The van der Waals surface area contributed by atoms with Gasteiger partial charge in [-0.25, -0.2) is 4.98 Å². The van der Waals surface area contributed by atoms with Crippen molar-refractivity contribution in [1.82, 2.24) is 4.98 Å². The topological polar surface area (TPSA) is 64.4 Å². The zero-order valence-corrected chi connectivity index (χ0v) is 18.6. The molecule has 0 bridgehead atoms. The quantitative estimate of drug-likeness (QED) is 0.421. The lowest BCUT2D eigenvalue weighted by atomic mass is 9.77. The first-order chi connectivity index (χ1) is 15.0. The number of benzene rings is 2. The van der Waals surface area contributed by atoms with Gasteiger partial charge in [-0.1, -0.05) is 41.9 Å². The molecule has 1 aliphatic rings. The van der Waals surface area contributed by atoms with Crippen LogP contribution in [0.3, 0.4) is 0 Å². The minimum Gasteiger partial charge on any atom is -0.463 e. The Labute approximate surface area is 187 Å². The fourth-order valence-electron chi connectivity index (χ4n) is 4.35. The van der Waals surface area contributed by atoms with E-state index < -0.39 is 0 Å². The Bertz CT molecular complexity index is 1020. The van der Waals surface area contributed by atoms with Crippen LogP contribution in [0.1, 0.15) is 51.0 Å². The second-order valence-corrected chi connectivity index (χ2v) is 8.65. The van der Waals surface area contributed by atoms with Crippen molar-refractivity contribution in [2.45, 2.75) is 51.6 Å². The van der Waals surface area contributed by atoms with Gasteiger partial charge in [0.25, 0.3) is 6.01 Å². The molecule has 1 fully saturated rings. The molecule has 0 saturated heterocycles. The van der Waals surface area contributed by atoms with E-state index in [9.17, 15) is 4.79 Å². The van der Waals surface area contributed by atoms with Crippen LogP contribution in [0.4, 0.5) is 11.7 Å². The van der Waals surface area contributed by atoms with Gasteiger partial charge in [0.15, 0.2) is 5.76 Å². The van der Waals surface area contributed by atoms with Gasteiger partial charge < -0.3 is 14.5 Å². The summed E-state index contributed by atoms with van der Waals surface area (Å²) in [6, 6.07) is 16.4. The van der Waals surface area contributed by atoms with Crippen molar-refractivity contribution in [2.24, 2.45) is 5.92 Å². The summed E-state index contributed by atoms with van der Waals surface area (Å²) in [6.07, 6.45) is 6.13. The summed E-state index contributed by atoms with van der Waals surface area (Å²) in [4.78, 5) is 15.5. The molecule has 0 amide bonds. The van der Waals surface area contributed by atoms with E-state index in [0.29, 0.717) is 22.9 Å². The number of hydrogen-bond donors (Lipinski definition) is 1. The van der Waals surface area contributed by atoms with Gasteiger partial charge in [-0.2, -0.15) is 0 Å². The largest absolute Gasteiger partial charge is 0.463 e. The maximum absolute atomic E-state index is 11.2. The van der Waals surface area contributed by atoms with Crippen LogP contribution >= 0.6 is 11.6 Å². The van der Waals surface area contributed by atoms with Crippen LogP contribution in [0.15, 0.2) is 59.1 Å². The van der Waals surface area contributed by atoms with Crippen LogP contribution in [0.25, 0.3) is 11.3 Å². The highest BCUT2D eigenvalue weighted by Crippen LogP contribution is 2.38. The molecule has 1 aliphatic carbocycles. The first-order valence-electron chi connectivity index (χ1n) is 10.7. The molecule has 6 heteroatoms. The van der Waals surface area contributed by atoms with Crippen LogP contribution in [-0.2, 0) is 9.53 Å². The minimum atomic E-state index is -0.191. The van der Waals surface area contributed by atoms with Gasteiger partial charge in [0.05, 0.1) is 6.20 Å². The zero-order valence-electron chi connectivity index (χ0n) is 17.8. The maximum Gasteiger partial charge on any atom is 0.302 e. The van der Waals surface area contributed by atoms with E-state index in [1.54, 1.807) is 6.20 Å². The van der Waals surface area contributed by atoms with Crippen molar-refractivity contribution in [3.8, 4) is 11.3 Å². The Balaban J connectivity index is 1.36. The number of esters is 1. The number of rotatable bonds is 6. The van der Waals surface area contributed by atoms with E-state index in [1.165, 1.54) is 12.5 Å². The second kappa shape index (κ2) is 9.56. The van der Waals surface area contributed by atoms with E-state index in [2.05, 4.69) is 34.6 Å². The summed E-state index contributed by atoms with van der Waals surface area (Å²) in [5, 5.41) is 3.78. The highest BCUT2D eigenvalue weighted by Gasteiger charge is 2.27. The minimum absolute atomic E-state index is 0.00185. The molecule has 5 nitrogen and oxygen atoms in total. The molecule has 1 heterocycles. The average molecular weight is 439 g/mol. The fraction of sp³-hybridized carbons (Fsp3) is 0.360. The van der Waals surface area contributed by atoms with E-state index in [4.69, 9.17) is 20.8 Å². The van der Waals surface area contributed by atoms with E-state index in [-0.39, 0.29) is 12.1 Å². The molecule has 1 atom stereocenters. The maximum atomic E-state index is 11.2. The number of halogens is 1. The monoisotopic (exact) mass is 438 g/mol. The zero-order chi connectivity index (χ0) is 21.8. The second-order valence-electron chi connectivity index (χ2n) is 8.21. The average Bonchev–Trinajstić information content (AvgIpc) is 3.22. The lowest BCUT2D eigenvalue weighted by Crippen LogP contribution is -2.26. The van der Waals surface area contributed by atoms with Crippen molar-refractivity contribution in [3.63, 3.8) is 0 Å². The number of oxazole rings is 1. The van der Waals surface area contributed by atoms with Crippen LogP contribution < -0.4 is 5.32 Å². The van der Waals surface area contributed by atoms with Crippen LogP contribution in [0, 0.1) is 5.92 Å². The number of carbonyl (C=O) groups is 1. The summed E-state index contributed by atoms with van der Waals surface area (Å²) in [5.41, 5.74) is 3.17. The predicted octanol–water partition coefficient (Wildman–Crippen LogP) is 6.96. The van der Waals surface area contributed by atoms with Gasteiger partial charge in [0.2, 0.25) is 0 Å². The molecule has 1 aromatic heterocycles. The molecule has 0 radical (unpaired) electrons. The number of carbonyl (C=O) groups excluding carboxylic acids is 1. The van der Waals surface area contributed by atoms with Gasteiger partial charge >= 0.3 is 5.97 Å². The third kappa shape index (κ3) is 5.47. The van der Waals surface area contributed by atoms with Crippen LogP contribution in [0.5, 0.6) is 0 Å². The Morgan fingerprint density at radius 1 is 1.16 bits per heavy atom. The molecule has 0 aliphatic heterocycles. The van der Waals surface area contributed by atoms with Crippen LogP contribution in [0.2, 0.25) is 5.02 Å². The van der Waals surface area contributed by atoms with Crippen molar-refractivity contribution in [1.29, 1.82) is 0 Å². The van der Waals surface area contributed by atoms with E-state index >= 15 is 0 Å². The number of aromatic nitrogens is 1. The molecular formula is C25H27ClN2O3. The number of nitrogens with zero attached hydrogens (tertiary/aromatic N) is 1. The molecule has 1 N–H and O–H groups in total. The summed E-state index contributed by atoms with van der Waals surface area (Å²) in [5.74, 6) is 1.53. The van der Waals surface area contributed by atoms with Gasteiger partial charge in [-0.3, -0.25) is 4.79 Å². The third-order valence-corrected chi connectivity index (χ3v) is 6.27. The SMILES string of the molecule is CC(=O)OC(C)C1CCC(c2ccc(-c3cnc(Nc4cccc(Cl)c4)o3)cc2)CC1. The molecule has 1 saturated carbocycles. The summed E-state index contributed by atoms with van der Waals surface area (Å²) in [6.45, 7) is 3.49. The lowest BCUT2D eigenvalue weighted by molar-refractivity contribution is -0.148. The molecule has 162 valence electrons. The Kier molecular flexibility index (Phi) is 6.62. The van der Waals surface area contributed by atoms with Crippen molar-refractivity contribution < 1.29 is 13.9 Å². The standard InChI is InChI=1S/C25H27ClN2O3/c1-16(30-17(2)29)18-6-8-19(9-7-18)20-10-12-21(13-11-20)24-15-27-25(31-24)28-23-5-3-4-22(26)14-23/h3-5,10-16,18-19H,6-9H2,1-2H3,(H,27,28). The Hall–Kier alpha value is -2.79. The molecule has 31 heavy (non-hydrogen) atoms. The van der Waals surface area contributed by atoms with Crippen molar-refractivity contribution in [2.75, 3.05) is 5.32 Å². The molecule has 1 unspecified atom stereocenters. The van der Waals surface area contributed by atoms with Gasteiger partial charge in [-0.15, -0.1) is 0 Å². The molecule has 2 aromatic carbocycles. The van der Waals surface area contributed by atoms with E-state index in [0.717, 1.165) is 42.7 Å². The molecule has 0 spiro atoms. The van der Waals surface area contributed by atoms with E-state index in [1.807, 2.05) is 31.2 Å². The Morgan fingerprint density at radius 3 is 2.58 bits per heavy atom. The first kappa shape index (κ1) is 21.4.